The van der Waals surface area contributed by atoms with Crippen LogP contribution in [0.1, 0.15) is 54.0 Å². The van der Waals surface area contributed by atoms with Crippen molar-refractivity contribution in [3.63, 3.8) is 0 Å². The predicted octanol–water partition coefficient (Wildman–Crippen LogP) is 4.78. The van der Waals surface area contributed by atoms with Gasteiger partial charge in [0, 0.05) is 19.1 Å². The molecule has 7 heteroatoms. The number of carbonyl (C=O) groups excluding carboxylic acids is 2. The van der Waals surface area contributed by atoms with Crippen molar-refractivity contribution < 1.29 is 23.5 Å². The highest BCUT2D eigenvalue weighted by atomic mass is 16.5. The number of likely N-dealkylation sites (tertiary alicyclic amines) is 1. The summed E-state index contributed by atoms with van der Waals surface area (Å²) >= 11 is 0. The van der Waals surface area contributed by atoms with Gasteiger partial charge in [0.2, 0.25) is 5.91 Å². The fourth-order valence-electron chi connectivity index (χ4n) is 4.42. The lowest BCUT2D eigenvalue weighted by atomic mass is 9.93. The number of piperidine rings is 1. The van der Waals surface area contributed by atoms with E-state index in [9.17, 15) is 9.59 Å². The van der Waals surface area contributed by atoms with Gasteiger partial charge in [-0.3, -0.25) is 9.59 Å². The highest BCUT2D eigenvalue weighted by Crippen LogP contribution is 2.27. The molecule has 1 saturated heterocycles. The molecule has 0 saturated carbocycles. The average Bonchev–Trinajstić information content (AvgIpc) is 3.38. The topological polar surface area (TPSA) is 81.0 Å². The summed E-state index contributed by atoms with van der Waals surface area (Å²) in [5, 5.41) is 3.04. The molecular weight excluding hydrogens is 444 g/mol. The molecule has 0 spiro atoms. The molecule has 2 heterocycles. The molecule has 1 N–H and O–H groups in total. The third kappa shape index (κ3) is 6.04. The lowest BCUT2D eigenvalue weighted by Gasteiger charge is -2.34. The summed E-state index contributed by atoms with van der Waals surface area (Å²) in [6, 6.07) is 20.7. The molecule has 2 amide bonds. The molecule has 1 fully saturated rings. The number of nitrogens with one attached hydrogen (secondary N) is 1. The van der Waals surface area contributed by atoms with E-state index < -0.39 is 0 Å². The lowest BCUT2D eigenvalue weighted by Crippen LogP contribution is -2.47. The van der Waals surface area contributed by atoms with Crippen LogP contribution in [0.2, 0.25) is 0 Å². The number of hydrogen-bond acceptors (Lipinski definition) is 5. The maximum atomic E-state index is 13.1. The largest absolute Gasteiger partial charge is 0.493 e. The molecule has 1 aliphatic rings. The molecule has 1 aliphatic heterocycles. The van der Waals surface area contributed by atoms with Crippen LogP contribution in [0.15, 0.2) is 71.1 Å². The van der Waals surface area contributed by atoms with Crippen molar-refractivity contribution in [3.8, 4) is 11.5 Å². The number of methoxy groups -OCH3 is 1. The Kier molecular flexibility index (Phi) is 8.08. The highest BCUT2D eigenvalue weighted by Gasteiger charge is 2.29. The van der Waals surface area contributed by atoms with Crippen molar-refractivity contribution in [2.45, 2.75) is 44.8 Å². The Morgan fingerprint density at radius 1 is 1.00 bits per heavy atom. The van der Waals surface area contributed by atoms with Crippen molar-refractivity contribution in [3.05, 3.63) is 83.8 Å². The fraction of sp³-hybridized carbons (Fsp3) is 0.357. The predicted molar refractivity (Wildman–Crippen MR) is 133 cm³/mol. The van der Waals surface area contributed by atoms with Crippen molar-refractivity contribution in [1.82, 2.24) is 10.2 Å². The van der Waals surface area contributed by atoms with Crippen molar-refractivity contribution in [2.75, 3.05) is 20.2 Å². The number of hydrogen-bond donors (Lipinski definition) is 1. The second-order valence-electron chi connectivity index (χ2n) is 8.65. The number of benzene rings is 2. The molecule has 0 aliphatic carbocycles. The fourth-order valence-corrected chi connectivity index (χ4v) is 4.42. The molecule has 4 rings (SSSR count). The lowest BCUT2D eigenvalue weighted by molar-refractivity contribution is -0.134. The van der Waals surface area contributed by atoms with Crippen LogP contribution in [-0.2, 0) is 11.4 Å². The number of rotatable bonds is 9. The van der Waals surface area contributed by atoms with E-state index in [1.54, 1.807) is 19.2 Å². The van der Waals surface area contributed by atoms with Crippen molar-refractivity contribution >= 4 is 11.8 Å². The maximum absolute atomic E-state index is 13.1. The first-order valence-corrected chi connectivity index (χ1v) is 12.1. The number of amides is 2. The summed E-state index contributed by atoms with van der Waals surface area (Å²) in [6.07, 6.45) is 2.20. The van der Waals surface area contributed by atoms with Gasteiger partial charge in [0.25, 0.3) is 5.91 Å². The first kappa shape index (κ1) is 24.4. The first-order chi connectivity index (χ1) is 17.1. The Labute approximate surface area is 206 Å². The SMILES string of the molecule is CCC(C(=O)N1CCC(NC(=O)c2ccc(COc3ccccc3OC)o2)CC1)c1ccccc1. The van der Waals surface area contributed by atoms with Gasteiger partial charge in [-0.15, -0.1) is 0 Å². The van der Waals surface area contributed by atoms with E-state index in [0.717, 1.165) is 12.0 Å². The van der Waals surface area contributed by atoms with Gasteiger partial charge in [-0.1, -0.05) is 49.4 Å². The van der Waals surface area contributed by atoms with Crippen LogP contribution in [0.25, 0.3) is 0 Å². The zero-order chi connectivity index (χ0) is 24.6. The van der Waals surface area contributed by atoms with Gasteiger partial charge in [0.1, 0.15) is 12.4 Å². The van der Waals surface area contributed by atoms with E-state index in [1.165, 1.54) is 0 Å². The van der Waals surface area contributed by atoms with Gasteiger partial charge in [-0.25, -0.2) is 0 Å². The smallest absolute Gasteiger partial charge is 0.287 e. The van der Waals surface area contributed by atoms with Crippen LogP contribution in [-0.4, -0.2) is 43.0 Å². The maximum Gasteiger partial charge on any atom is 0.287 e. The molecule has 2 aromatic carbocycles. The van der Waals surface area contributed by atoms with Gasteiger partial charge in [-0.05, 0) is 49.1 Å². The summed E-state index contributed by atoms with van der Waals surface area (Å²) in [5.41, 5.74) is 1.05. The molecule has 0 bridgehead atoms. The van der Waals surface area contributed by atoms with Crippen LogP contribution in [0, 0.1) is 0 Å². The molecular formula is C28H32N2O5. The normalized spacial score (nSPS) is 14.9. The highest BCUT2D eigenvalue weighted by molar-refractivity contribution is 5.91. The molecule has 35 heavy (non-hydrogen) atoms. The zero-order valence-electron chi connectivity index (χ0n) is 20.2. The van der Waals surface area contributed by atoms with Crippen LogP contribution in [0.4, 0.5) is 0 Å². The number of carbonyl (C=O) groups is 2. The third-order valence-corrected chi connectivity index (χ3v) is 6.37. The molecule has 184 valence electrons. The Morgan fingerprint density at radius 2 is 1.69 bits per heavy atom. The quantitative estimate of drug-likeness (QED) is 0.481. The monoisotopic (exact) mass is 476 g/mol. The van der Waals surface area contributed by atoms with Gasteiger partial charge in [-0.2, -0.15) is 0 Å². The van der Waals surface area contributed by atoms with Crippen LogP contribution < -0.4 is 14.8 Å². The summed E-state index contributed by atoms with van der Waals surface area (Å²) < 4.78 is 16.7. The summed E-state index contributed by atoms with van der Waals surface area (Å²) in [6.45, 7) is 3.49. The molecule has 1 atom stereocenters. The summed E-state index contributed by atoms with van der Waals surface area (Å²) in [4.78, 5) is 27.7. The zero-order valence-corrected chi connectivity index (χ0v) is 20.2. The van der Waals surface area contributed by atoms with Crippen LogP contribution in [0.5, 0.6) is 11.5 Å². The average molecular weight is 477 g/mol. The van der Waals surface area contributed by atoms with Crippen molar-refractivity contribution in [1.29, 1.82) is 0 Å². The standard InChI is InChI=1S/C28H32N2O5/c1-3-23(20-9-5-4-6-10-20)28(32)30-17-15-21(16-18-30)29-27(31)26-14-13-22(35-26)19-34-25-12-8-7-11-24(25)33-2/h4-14,21,23H,3,15-19H2,1-2H3,(H,29,31). The molecule has 1 unspecified atom stereocenters. The number of ether oxygens (including phenoxy) is 2. The Bertz CT molecular complexity index is 1120. The van der Waals surface area contributed by atoms with E-state index in [4.69, 9.17) is 13.9 Å². The van der Waals surface area contributed by atoms with E-state index in [2.05, 4.69) is 5.32 Å². The molecule has 7 nitrogen and oxygen atoms in total. The Morgan fingerprint density at radius 3 is 2.37 bits per heavy atom. The molecule has 3 aromatic rings. The number of para-hydroxylation sites is 2. The minimum Gasteiger partial charge on any atom is -0.493 e. The molecule has 0 radical (unpaired) electrons. The minimum atomic E-state index is -0.256. The Hall–Kier alpha value is -3.74. The van der Waals surface area contributed by atoms with E-state index >= 15 is 0 Å². The molecule has 1 aromatic heterocycles. The number of nitrogens with zero attached hydrogens (tertiary/aromatic N) is 1. The minimum absolute atomic E-state index is 0.00160. The first-order valence-electron chi connectivity index (χ1n) is 12.1. The third-order valence-electron chi connectivity index (χ3n) is 6.37. The van der Waals surface area contributed by atoms with E-state index in [0.29, 0.717) is 43.2 Å². The van der Waals surface area contributed by atoms with Crippen molar-refractivity contribution in [2.24, 2.45) is 0 Å². The number of furan rings is 1. The van der Waals surface area contributed by atoms with E-state index in [1.807, 2.05) is 66.4 Å². The van der Waals surface area contributed by atoms with Gasteiger partial charge in [0.05, 0.1) is 13.0 Å². The van der Waals surface area contributed by atoms with Crippen LogP contribution >= 0.6 is 0 Å². The summed E-state index contributed by atoms with van der Waals surface area (Å²) in [7, 11) is 1.59. The second kappa shape index (κ2) is 11.6. The Balaban J connectivity index is 1.26. The van der Waals surface area contributed by atoms with Gasteiger partial charge < -0.3 is 24.1 Å². The van der Waals surface area contributed by atoms with E-state index in [-0.39, 0.29) is 36.1 Å². The van der Waals surface area contributed by atoms with Gasteiger partial charge in [0.15, 0.2) is 17.3 Å². The van der Waals surface area contributed by atoms with Crippen LogP contribution in [0.3, 0.4) is 0 Å². The second-order valence-corrected chi connectivity index (χ2v) is 8.65. The summed E-state index contributed by atoms with van der Waals surface area (Å²) in [5.74, 6) is 1.82. The van der Waals surface area contributed by atoms with Gasteiger partial charge >= 0.3 is 0 Å².